The van der Waals surface area contributed by atoms with Crippen molar-refractivity contribution in [2.24, 2.45) is 5.92 Å². The van der Waals surface area contributed by atoms with Crippen LogP contribution < -0.4 is 14.4 Å². The summed E-state index contributed by atoms with van der Waals surface area (Å²) in [4.78, 5) is 13.8. The van der Waals surface area contributed by atoms with Crippen LogP contribution in [0.4, 0.5) is 5.69 Å². The van der Waals surface area contributed by atoms with E-state index in [-0.39, 0.29) is 5.92 Å². The number of anilines is 1. The molecule has 1 heterocycles. The summed E-state index contributed by atoms with van der Waals surface area (Å²) >= 11 is 0. The summed E-state index contributed by atoms with van der Waals surface area (Å²) in [5.41, 5.74) is 1.09. The lowest BCUT2D eigenvalue weighted by atomic mass is 9.98. The third-order valence-electron chi connectivity index (χ3n) is 3.56. The minimum Gasteiger partial charge on any atom is -0.490 e. The Morgan fingerprint density at radius 3 is 2.55 bits per heavy atom. The van der Waals surface area contributed by atoms with Gasteiger partial charge in [0, 0.05) is 37.2 Å². The van der Waals surface area contributed by atoms with Crippen molar-refractivity contribution in [3.05, 3.63) is 18.2 Å². The lowest BCUT2D eigenvalue weighted by Crippen LogP contribution is -2.39. The van der Waals surface area contributed by atoms with Gasteiger partial charge in [-0.2, -0.15) is 0 Å². The molecule has 0 radical (unpaired) electrons. The number of piperidine rings is 1. The highest BCUT2D eigenvalue weighted by Crippen LogP contribution is 2.33. The number of ketones is 1. The highest BCUT2D eigenvalue weighted by Gasteiger charge is 2.24. The van der Waals surface area contributed by atoms with E-state index in [1.54, 1.807) is 0 Å². The molecule has 0 aromatic heterocycles. The van der Waals surface area contributed by atoms with E-state index < -0.39 is 0 Å². The number of carbonyl (C=O) groups is 1. The number of ether oxygens (including phenoxy) is 2. The number of rotatable bonds is 5. The number of benzene rings is 1. The van der Waals surface area contributed by atoms with E-state index in [4.69, 9.17) is 9.47 Å². The molecule has 0 aliphatic carbocycles. The van der Waals surface area contributed by atoms with Gasteiger partial charge < -0.3 is 14.4 Å². The smallest absolute Gasteiger partial charge is 0.163 e. The monoisotopic (exact) mass is 277 g/mol. The Balaban J connectivity index is 2.19. The fraction of sp³-hybridized carbons (Fsp3) is 0.562. The summed E-state index contributed by atoms with van der Waals surface area (Å²) in [6, 6.07) is 6.00. The van der Waals surface area contributed by atoms with Crippen LogP contribution in [0.1, 0.15) is 27.2 Å². The molecule has 110 valence electrons. The lowest BCUT2D eigenvalue weighted by Gasteiger charge is -2.32. The van der Waals surface area contributed by atoms with Gasteiger partial charge in [0.25, 0.3) is 0 Å². The van der Waals surface area contributed by atoms with Gasteiger partial charge in [-0.1, -0.05) is 6.92 Å². The molecule has 4 heteroatoms. The third kappa shape index (κ3) is 3.24. The van der Waals surface area contributed by atoms with Gasteiger partial charge in [0.15, 0.2) is 11.5 Å². The summed E-state index contributed by atoms with van der Waals surface area (Å²) in [5.74, 6) is 2.01. The van der Waals surface area contributed by atoms with Crippen LogP contribution >= 0.6 is 0 Å². The number of carbonyl (C=O) groups excluding carboxylic acids is 1. The van der Waals surface area contributed by atoms with Crippen molar-refractivity contribution in [2.45, 2.75) is 27.2 Å². The molecule has 0 bridgehead atoms. The topological polar surface area (TPSA) is 38.8 Å². The summed E-state index contributed by atoms with van der Waals surface area (Å²) in [5, 5.41) is 0. The van der Waals surface area contributed by atoms with E-state index in [2.05, 4.69) is 4.90 Å². The Morgan fingerprint density at radius 2 is 1.90 bits per heavy atom. The third-order valence-corrected chi connectivity index (χ3v) is 3.56. The molecule has 1 atom stereocenters. The van der Waals surface area contributed by atoms with Crippen LogP contribution in [0.2, 0.25) is 0 Å². The van der Waals surface area contributed by atoms with Gasteiger partial charge in [-0.05, 0) is 26.0 Å². The zero-order valence-electron chi connectivity index (χ0n) is 12.5. The highest BCUT2D eigenvalue weighted by atomic mass is 16.5. The van der Waals surface area contributed by atoms with Crippen LogP contribution in [0.5, 0.6) is 11.5 Å². The Kier molecular flexibility index (Phi) is 4.88. The molecule has 0 spiro atoms. The molecule has 0 saturated carbocycles. The summed E-state index contributed by atoms with van der Waals surface area (Å²) < 4.78 is 11.2. The van der Waals surface area contributed by atoms with Crippen molar-refractivity contribution in [1.29, 1.82) is 0 Å². The number of hydrogen-bond acceptors (Lipinski definition) is 4. The maximum atomic E-state index is 11.6. The van der Waals surface area contributed by atoms with Crippen LogP contribution in [-0.4, -0.2) is 32.1 Å². The molecule has 2 rings (SSSR count). The molecule has 1 fully saturated rings. The average molecular weight is 277 g/mol. The van der Waals surface area contributed by atoms with Crippen molar-refractivity contribution in [3.63, 3.8) is 0 Å². The second-order valence-electron chi connectivity index (χ2n) is 5.06. The molecule has 1 aromatic carbocycles. The first-order valence-corrected chi connectivity index (χ1v) is 7.33. The molecule has 1 saturated heterocycles. The number of nitrogens with zero attached hydrogens (tertiary/aromatic N) is 1. The van der Waals surface area contributed by atoms with Gasteiger partial charge in [-0.3, -0.25) is 4.79 Å². The SMILES string of the molecule is CCOc1ccc(N2CCC(=O)C(C)C2)cc1OCC. The van der Waals surface area contributed by atoms with Gasteiger partial charge >= 0.3 is 0 Å². The minimum atomic E-state index is 0.103. The predicted octanol–water partition coefficient (Wildman–Crippen LogP) is 2.90. The Morgan fingerprint density at radius 1 is 1.20 bits per heavy atom. The average Bonchev–Trinajstić information content (AvgIpc) is 2.44. The molecule has 1 aromatic rings. The van der Waals surface area contributed by atoms with E-state index >= 15 is 0 Å². The van der Waals surface area contributed by atoms with Gasteiger partial charge in [-0.25, -0.2) is 0 Å². The van der Waals surface area contributed by atoms with Crippen LogP contribution in [0, 0.1) is 5.92 Å². The fourth-order valence-corrected chi connectivity index (χ4v) is 2.49. The quantitative estimate of drug-likeness (QED) is 0.829. The van der Waals surface area contributed by atoms with E-state index in [0.717, 1.165) is 30.3 Å². The molecular formula is C16H23NO3. The Bertz CT molecular complexity index is 473. The second-order valence-corrected chi connectivity index (χ2v) is 5.06. The zero-order valence-corrected chi connectivity index (χ0v) is 12.5. The predicted molar refractivity (Wildman–Crippen MR) is 79.8 cm³/mol. The summed E-state index contributed by atoms with van der Waals surface area (Å²) in [6.45, 7) is 8.70. The van der Waals surface area contributed by atoms with E-state index in [0.29, 0.717) is 25.4 Å². The molecule has 4 nitrogen and oxygen atoms in total. The maximum absolute atomic E-state index is 11.6. The first-order chi connectivity index (χ1) is 9.65. The largest absolute Gasteiger partial charge is 0.490 e. The molecular weight excluding hydrogens is 254 g/mol. The standard InChI is InChI=1S/C16H23NO3/c1-4-19-15-7-6-13(10-16(15)20-5-2)17-9-8-14(18)12(3)11-17/h6-7,10,12H,4-5,8-9,11H2,1-3H3. The van der Waals surface area contributed by atoms with Crippen LogP contribution in [0.25, 0.3) is 0 Å². The van der Waals surface area contributed by atoms with E-state index in [1.165, 1.54) is 0 Å². The molecule has 0 amide bonds. The van der Waals surface area contributed by atoms with Crippen LogP contribution in [-0.2, 0) is 4.79 Å². The zero-order chi connectivity index (χ0) is 14.5. The van der Waals surface area contributed by atoms with Crippen molar-refractivity contribution in [3.8, 4) is 11.5 Å². The lowest BCUT2D eigenvalue weighted by molar-refractivity contribution is -0.122. The summed E-state index contributed by atoms with van der Waals surface area (Å²) in [6.07, 6.45) is 0.623. The van der Waals surface area contributed by atoms with Crippen molar-refractivity contribution in [2.75, 3.05) is 31.2 Å². The molecule has 1 aliphatic heterocycles. The van der Waals surface area contributed by atoms with Crippen molar-refractivity contribution < 1.29 is 14.3 Å². The van der Waals surface area contributed by atoms with Gasteiger partial charge in [0.1, 0.15) is 5.78 Å². The molecule has 1 unspecified atom stereocenters. The van der Waals surface area contributed by atoms with Crippen LogP contribution in [0.3, 0.4) is 0 Å². The van der Waals surface area contributed by atoms with Crippen molar-refractivity contribution >= 4 is 11.5 Å². The van der Waals surface area contributed by atoms with E-state index in [9.17, 15) is 4.79 Å². The van der Waals surface area contributed by atoms with Gasteiger partial charge in [0.05, 0.1) is 13.2 Å². The Hall–Kier alpha value is -1.71. The number of Topliss-reactive ketones (excluding diaryl/α,β-unsaturated/α-hetero) is 1. The second kappa shape index (κ2) is 6.64. The first kappa shape index (κ1) is 14.7. The van der Waals surface area contributed by atoms with E-state index in [1.807, 2.05) is 39.0 Å². The van der Waals surface area contributed by atoms with Gasteiger partial charge in [0.2, 0.25) is 0 Å². The number of hydrogen-bond donors (Lipinski definition) is 0. The molecule has 0 N–H and O–H groups in total. The maximum Gasteiger partial charge on any atom is 0.163 e. The molecule has 1 aliphatic rings. The normalized spacial score (nSPS) is 19.1. The van der Waals surface area contributed by atoms with Crippen molar-refractivity contribution in [1.82, 2.24) is 0 Å². The molecule has 20 heavy (non-hydrogen) atoms. The summed E-state index contributed by atoms with van der Waals surface area (Å²) in [7, 11) is 0. The highest BCUT2D eigenvalue weighted by molar-refractivity contribution is 5.83. The Labute approximate surface area is 120 Å². The minimum absolute atomic E-state index is 0.103. The van der Waals surface area contributed by atoms with Crippen LogP contribution in [0.15, 0.2) is 18.2 Å². The first-order valence-electron chi connectivity index (χ1n) is 7.33. The van der Waals surface area contributed by atoms with Gasteiger partial charge in [-0.15, -0.1) is 0 Å². The fourth-order valence-electron chi connectivity index (χ4n) is 2.49.